The van der Waals surface area contributed by atoms with E-state index in [2.05, 4.69) is 17.2 Å². The van der Waals surface area contributed by atoms with Crippen LogP contribution in [0.25, 0.3) is 0 Å². The standard InChI is InChI=1S/C15H24N2O3/c1-4-5-8-20-9-6-7-16-14-13(15(18)19)11(2)10-12(3)17-14/h10H,4-9H2,1-3H3,(H,16,17)(H,18,19). The van der Waals surface area contributed by atoms with Crippen molar-refractivity contribution in [3.63, 3.8) is 0 Å². The Morgan fingerprint density at radius 3 is 2.70 bits per heavy atom. The maximum absolute atomic E-state index is 11.3. The Balaban J connectivity index is 2.49. The predicted octanol–water partition coefficient (Wildman–Crippen LogP) is 3.02. The highest BCUT2D eigenvalue weighted by Gasteiger charge is 2.15. The zero-order valence-electron chi connectivity index (χ0n) is 12.5. The van der Waals surface area contributed by atoms with Gasteiger partial charge in [0.1, 0.15) is 11.4 Å². The SMILES string of the molecule is CCCCOCCCNc1nc(C)cc(C)c1C(=O)O. The van der Waals surface area contributed by atoms with Crippen molar-refractivity contribution in [1.29, 1.82) is 0 Å². The summed E-state index contributed by atoms with van der Waals surface area (Å²) in [6.07, 6.45) is 3.04. The van der Waals surface area contributed by atoms with E-state index >= 15 is 0 Å². The number of unbranched alkanes of at least 4 members (excludes halogenated alkanes) is 1. The number of nitrogens with zero attached hydrogens (tertiary/aromatic N) is 1. The van der Waals surface area contributed by atoms with E-state index < -0.39 is 5.97 Å². The lowest BCUT2D eigenvalue weighted by molar-refractivity contribution is 0.0697. The molecule has 0 saturated carbocycles. The van der Waals surface area contributed by atoms with Crippen LogP contribution in [0.1, 0.15) is 47.8 Å². The van der Waals surface area contributed by atoms with Crippen molar-refractivity contribution in [2.75, 3.05) is 25.1 Å². The topological polar surface area (TPSA) is 71.5 Å². The number of rotatable bonds is 9. The smallest absolute Gasteiger partial charge is 0.339 e. The third-order valence-corrected chi connectivity index (χ3v) is 2.96. The number of nitrogens with one attached hydrogen (secondary N) is 1. The first-order valence-electron chi connectivity index (χ1n) is 7.09. The average Bonchev–Trinajstić information content (AvgIpc) is 2.36. The highest BCUT2D eigenvalue weighted by molar-refractivity contribution is 5.94. The Hall–Kier alpha value is -1.62. The summed E-state index contributed by atoms with van der Waals surface area (Å²) in [6, 6.07) is 1.78. The van der Waals surface area contributed by atoms with E-state index in [4.69, 9.17) is 4.74 Å². The van der Waals surface area contributed by atoms with E-state index in [9.17, 15) is 9.90 Å². The molecule has 1 heterocycles. The molecule has 112 valence electrons. The van der Waals surface area contributed by atoms with Gasteiger partial charge in [-0.1, -0.05) is 13.3 Å². The molecule has 1 rings (SSSR count). The van der Waals surface area contributed by atoms with Crippen molar-refractivity contribution >= 4 is 11.8 Å². The van der Waals surface area contributed by atoms with Gasteiger partial charge in [-0.25, -0.2) is 9.78 Å². The number of aromatic nitrogens is 1. The van der Waals surface area contributed by atoms with Gasteiger partial charge in [-0.15, -0.1) is 0 Å². The zero-order chi connectivity index (χ0) is 15.0. The number of hydrogen-bond acceptors (Lipinski definition) is 4. The summed E-state index contributed by atoms with van der Waals surface area (Å²) < 4.78 is 5.46. The summed E-state index contributed by atoms with van der Waals surface area (Å²) in [6.45, 7) is 7.90. The van der Waals surface area contributed by atoms with Gasteiger partial charge in [-0.05, 0) is 38.3 Å². The molecule has 0 amide bonds. The Labute approximate surface area is 120 Å². The van der Waals surface area contributed by atoms with Gasteiger partial charge < -0.3 is 15.2 Å². The third-order valence-electron chi connectivity index (χ3n) is 2.96. The van der Waals surface area contributed by atoms with Crippen LogP contribution >= 0.6 is 0 Å². The number of ether oxygens (including phenoxy) is 1. The molecule has 0 unspecified atom stereocenters. The van der Waals surface area contributed by atoms with E-state index in [1.165, 1.54) is 0 Å². The molecule has 0 aliphatic carbocycles. The quantitative estimate of drug-likeness (QED) is 0.680. The number of aryl methyl sites for hydroxylation is 2. The highest BCUT2D eigenvalue weighted by atomic mass is 16.5. The van der Waals surface area contributed by atoms with E-state index in [0.29, 0.717) is 19.0 Å². The van der Waals surface area contributed by atoms with Crippen LogP contribution < -0.4 is 5.32 Å². The van der Waals surface area contributed by atoms with E-state index in [1.807, 2.05) is 6.92 Å². The summed E-state index contributed by atoms with van der Waals surface area (Å²) in [4.78, 5) is 15.5. The minimum absolute atomic E-state index is 0.252. The summed E-state index contributed by atoms with van der Waals surface area (Å²) in [5.74, 6) is -0.500. The van der Waals surface area contributed by atoms with Crippen molar-refractivity contribution in [1.82, 2.24) is 4.98 Å². The fourth-order valence-corrected chi connectivity index (χ4v) is 1.96. The Bertz CT molecular complexity index is 447. The first-order valence-corrected chi connectivity index (χ1v) is 7.09. The third kappa shape index (κ3) is 5.17. The van der Waals surface area contributed by atoms with Crippen molar-refractivity contribution in [2.24, 2.45) is 0 Å². The van der Waals surface area contributed by atoms with E-state index in [1.54, 1.807) is 13.0 Å². The van der Waals surface area contributed by atoms with Crippen LogP contribution in [-0.2, 0) is 4.74 Å². The normalized spacial score (nSPS) is 10.6. The molecule has 0 spiro atoms. The van der Waals surface area contributed by atoms with Crippen molar-refractivity contribution < 1.29 is 14.6 Å². The van der Waals surface area contributed by atoms with Crippen molar-refractivity contribution in [3.05, 3.63) is 22.9 Å². The number of hydrogen-bond donors (Lipinski definition) is 2. The molecular weight excluding hydrogens is 256 g/mol. The Morgan fingerprint density at radius 2 is 2.05 bits per heavy atom. The second kappa shape index (κ2) is 8.53. The summed E-state index contributed by atoms with van der Waals surface area (Å²) in [5, 5.41) is 12.3. The monoisotopic (exact) mass is 280 g/mol. The van der Waals surface area contributed by atoms with E-state index in [-0.39, 0.29) is 5.56 Å². The van der Waals surface area contributed by atoms with Crippen LogP contribution in [0.3, 0.4) is 0 Å². The Morgan fingerprint density at radius 1 is 1.35 bits per heavy atom. The van der Waals surface area contributed by atoms with Crippen LogP contribution in [0.2, 0.25) is 0 Å². The molecule has 0 fully saturated rings. The van der Waals surface area contributed by atoms with Gasteiger partial charge in [0.2, 0.25) is 0 Å². The molecule has 0 aromatic carbocycles. The van der Waals surface area contributed by atoms with Gasteiger partial charge in [0, 0.05) is 25.5 Å². The van der Waals surface area contributed by atoms with Crippen LogP contribution in [0.15, 0.2) is 6.07 Å². The number of carboxylic acid groups (broad SMARTS) is 1. The highest BCUT2D eigenvalue weighted by Crippen LogP contribution is 2.18. The molecule has 2 N–H and O–H groups in total. The number of anilines is 1. The van der Waals surface area contributed by atoms with Crippen LogP contribution in [0.4, 0.5) is 5.82 Å². The van der Waals surface area contributed by atoms with Crippen LogP contribution in [0, 0.1) is 13.8 Å². The lowest BCUT2D eigenvalue weighted by Crippen LogP contribution is -2.13. The number of carboxylic acids is 1. The van der Waals surface area contributed by atoms with Crippen molar-refractivity contribution in [3.8, 4) is 0 Å². The molecular formula is C15H24N2O3. The van der Waals surface area contributed by atoms with Gasteiger partial charge in [-0.3, -0.25) is 0 Å². The molecule has 1 aromatic rings. The first kappa shape index (κ1) is 16.4. The van der Waals surface area contributed by atoms with Gasteiger partial charge in [0.05, 0.1) is 0 Å². The van der Waals surface area contributed by atoms with Crippen LogP contribution in [0.5, 0.6) is 0 Å². The first-order chi connectivity index (χ1) is 9.56. The molecule has 5 nitrogen and oxygen atoms in total. The number of aromatic carboxylic acids is 1. The molecule has 1 aromatic heterocycles. The van der Waals surface area contributed by atoms with Crippen molar-refractivity contribution in [2.45, 2.75) is 40.0 Å². The van der Waals surface area contributed by atoms with Crippen LogP contribution in [-0.4, -0.2) is 35.8 Å². The molecule has 0 radical (unpaired) electrons. The summed E-state index contributed by atoms with van der Waals surface area (Å²) in [5.41, 5.74) is 1.79. The molecule has 0 saturated heterocycles. The second-order valence-electron chi connectivity index (χ2n) is 4.86. The summed E-state index contributed by atoms with van der Waals surface area (Å²) in [7, 11) is 0. The van der Waals surface area contributed by atoms with Gasteiger partial charge >= 0.3 is 5.97 Å². The fourth-order valence-electron chi connectivity index (χ4n) is 1.96. The molecule has 0 aliphatic rings. The molecule has 0 aliphatic heterocycles. The Kier molecular flexibility index (Phi) is 7.01. The number of pyridine rings is 1. The van der Waals surface area contributed by atoms with Gasteiger partial charge in [0.25, 0.3) is 0 Å². The summed E-state index contributed by atoms with van der Waals surface area (Å²) >= 11 is 0. The van der Waals surface area contributed by atoms with Gasteiger partial charge in [-0.2, -0.15) is 0 Å². The van der Waals surface area contributed by atoms with E-state index in [0.717, 1.165) is 37.1 Å². The maximum Gasteiger partial charge on any atom is 0.339 e. The lowest BCUT2D eigenvalue weighted by Gasteiger charge is -2.12. The molecule has 0 bridgehead atoms. The minimum Gasteiger partial charge on any atom is -0.478 e. The molecule has 20 heavy (non-hydrogen) atoms. The average molecular weight is 280 g/mol. The minimum atomic E-state index is -0.948. The second-order valence-corrected chi connectivity index (χ2v) is 4.86. The fraction of sp³-hybridized carbons (Fsp3) is 0.600. The number of carbonyl (C=O) groups is 1. The zero-order valence-corrected chi connectivity index (χ0v) is 12.5. The lowest BCUT2D eigenvalue weighted by atomic mass is 10.1. The molecule has 5 heteroatoms. The van der Waals surface area contributed by atoms with Gasteiger partial charge in [0.15, 0.2) is 0 Å². The predicted molar refractivity (Wildman–Crippen MR) is 79.5 cm³/mol. The molecule has 0 atom stereocenters. The maximum atomic E-state index is 11.3. The largest absolute Gasteiger partial charge is 0.478 e.